The van der Waals surface area contributed by atoms with Crippen LogP contribution in [0.15, 0.2) is 53.1 Å². The first-order chi connectivity index (χ1) is 9.81. The molecular formula is C16H17BrN2O. The van der Waals surface area contributed by atoms with Crippen LogP contribution in [0.2, 0.25) is 0 Å². The minimum atomic E-state index is 0.0700. The highest BCUT2D eigenvalue weighted by Gasteiger charge is 2.22. The molecule has 0 amide bonds. The van der Waals surface area contributed by atoms with Crippen LogP contribution in [0, 0.1) is 0 Å². The number of halogens is 1. The van der Waals surface area contributed by atoms with Gasteiger partial charge in [0.15, 0.2) is 0 Å². The maximum atomic E-state index is 5.85. The number of ether oxygens (including phenoxy) is 1. The van der Waals surface area contributed by atoms with Gasteiger partial charge in [0, 0.05) is 30.3 Å². The summed E-state index contributed by atoms with van der Waals surface area (Å²) in [6.45, 7) is 3.60. The fourth-order valence-corrected chi connectivity index (χ4v) is 2.68. The summed E-state index contributed by atoms with van der Waals surface area (Å²) >= 11 is 3.41. The molecule has 20 heavy (non-hydrogen) atoms. The first-order valence-corrected chi connectivity index (χ1v) is 7.60. The highest BCUT2D eigenvalue weighted by molar-refractivity contribution is 9.10. The summed E-state index contributed by atoms with van der Waals surface area (Å²) < 4.78 is 6.85. The molecule has 0 bridgehead atoms. The molecule has 1 atom stereocenters. The minimum absolute atomic E-state index is 0.0700. The maximum absolute atomic E-state index is 5.85. The summed E-state index contributed by atoms with van der Waals surface area (Å²) in [5.41, 5.74) is 2.35. The Morgan fingerprint density at radius 3 is 2.80 bits per heavy atom. The molecule has 3 nitrogen and oxygen atoms in total. The third-order valence-corrected chi connectivity index (χ3v) is 3.95. The quantitative estimate of drug-likeness (QED) is 0.861. The zero-order valence-electron chi connectivity index (χ0n) is 11.2. The van der Waals surface area contributed by atoms with Crippen LogP contribution in [0.5, 0.6) is 0 Å². The average molecular weight is 333 g/mol. The number of hydrogen-bond donors (Lipinski definition) is 0. The Morgan fingerprint density at radius 2 is 2.05 bits per heavy atom. The van der Waals surface area contributed by atoms with E-state index in [1.807, 2.05) is 18.3 Å². The van der Waals surface area contributed by atoms with Crippen molar-refractivity contribution in [1.82, 2.24) is 9.88 Å². The topological polar surface area (TPSA) is 25.4 Å². The molecule has 0 radical (unpaired) electrons. The molecule has 1 fully saturated rings. The van der Waals surface area contributed by atoms with Crippen LogP contribution in [-0.2, 0) is 11.3 Å². The molecule has 0 spiro atoms. The van der Waals surface area contributed by atoms with E-state index in [4.69, 9.17) is 4.74 Å². The van der Waals surface area contributed by atoms with Crippen LogP contribution in [0.3, 0.4) is 0 Å². The summed E-state index contributed by atoms with van der Waals surface area (Å²) in [4.78, 5) is 6.87. The summed E-state index contributed by atoms with van der Waals surface area (Å²) in [7, 11) is 0. The lowest BCUT2D eigenvalue weighted by atomic mass is 10.1. The van der Waals surface area contributed by atoms with Crippen molar-refractivity contribution < 1.29 is 4.74 Å². The van der Waals surface area contributed by atoms with E-state index in [2.05, 4.69) is 56.1 Å². The van der Waals surface area contributed by atoms with Gasteiger partial charge in [0.05, 0.1) is 12.3 Å². The van der Waals surface area contributed by atoms with E-state index < -0.39 is 0 Å². The molecule has 1 aliphatic rings. The van der Waals surface area contributed by atoms with Crippen LogP contribution in [-0.4, -0.2) is 29.6 Å². The molecule has 1 saturated heterocycles. The Bertz CT molecular complexity index is 544. The normalized spacial score (nSPS) is 19.9. The predicted octanol–water partition coefficient (Wildman–Crippen LogP) is 3.42. The van der Waals surface area contributed by atoms with Crippen molar-refractivity contribution >= 4 is 15.9 Å². The van der Waals surface area contributed by atoms with Gasteiger partial charge in [0.1, 0.15) is 6.10 Å². The number of benzene rings is 1. The van der Waals surface area contributed by atoms with Gasteiger partial charge in [-0.15, -0.1) is 0 Å². The summed E-state index contributed by atoms with van der Waals surface area (Å²) in [5.74, 6) is 0. The standard InChI is InChI=1S/C16H17BrN2O/c17-14-6-7-15(18-10-14)16-12-19(8-9-20-16)11-13-4-2-1-3-5-13/h1-7,10,16H,8-9,11-12H2. The average Bonchev–Trinajstić information content (AvgIpc) is 2.49. The molecule has 104 valence electrons. The lowest BCUT2D eigenvalue weighted by Gasteiger charge is -2.32. The van der Waals surface area contributed by atoms with Crippen LogP contribution in [0.1, 0.15) is 17.4 Å². The first kappa shape index (κ1) is 13.7. The van der Waals surface area contributed by atoms with Gasteiger partial charge in [-0.25, -0.2) is 0 Å². The lowest BCUT2D eigenvalue weighted by Crippen LogP contribution is -2.38. The van der Waals surface area contributed by atoms with E-state index in [0.717, 1.165) is 36.4 Å². The second-order valence-corrected chi connectivity index (χ2v) is 5.90. The molecule has 1 aromatic heterocycles. The Balaban J connectivity index is 1.66. The van der Waals surface area contributed by atoms with Crippen molar-refractivity contribution in [3.05, 3.63) is 64.4 Å². The van der Waals surface area contributed by atoms with Gasteiger partial charge in [0.25, 0.3) is 0 Å². The molecule has 2 aromatic rings. The Hall–Kier alpha value is -1.23. The van der Waals surface area contributed by atoms with Crippen LogP contribution < -0.4 is 0 Å². The number of morpholine rings is 1. The molecular weight excluding hydrogens is 316 g/mol. The first-order valence-electron chi connectivity index (χ1n) is 6.80. The van der Waals surface area contributed by atoms with E-state index in [-0.39, 0.29) is 6.10 Å². The molecule has 1 aliphatic heterocycles. The largest absolute Gasteiger partial charge is 0.369 e. The Labute approximate surface area is 127 Å². The summed E-state index contributed by atoms with van der Waals surface area (Å²) in [6.07, 6.45) is 1.90. The number of pyridine rings is 1. The fraction of sp³-hybridized carbons (Fsp3) is 0.312. The van der Waals surface area contributed by atoms with E-state index in [1.54, 1.807) is 0 Å². The monoisotopic (exact) mass is 332 g/mol. The van der Waals surface area contributed by atoms with Crippen molar-refractivity contribution in [3.8, 4) is 0 Å². The van der Waals surface area contributed by atoms with E-state index >= 15 is 0 Å². The third kappa shape index (κ3) is 3.45. The van der Waals surface area contributed by atoms with Gasteiger partial charge in [-0.1, -0.05) is 30.3 Å². The fourth-order valence-electron chi connectivity index (χ4n) is 2.44. The van der Waals surface area contributed by atoms with Crippen molar-refractivity contribution in [2.24, 2.45) is 0 Å². The van der Waals surface area contributed by atoms with E-state index in [0.29, 0.717) is 0 Å². The Morgan fingerprint density at radius 1 is 1.20 bits per heavy atom. The molecule has 1 aromatic carbocycles. The highest BCUT2D eigenvalue weighted by atomic mass is 79.9. The van der Waals surface area contributed by atoms with Crippen molar-refractivity contribution in [1.29, 1.82) is 0 Å². The minimum Gasteiger partial charge on any atom is -0.369 e. The molecule has 2 heterocycles. The van der Waals surface area contributed by atoms with Crippen molar-refractivity contribution in [2.45, 2.75) is 12.6 Å². The van der Waals surface area contributed by atoms with Crippen molar-refractivity contribution in [2.75, 3.05) is 19.7 Å². The molecule has 1 unspecified atom stereocenters. The molecule has 4 heteroatoms. The van der Waals surface area contributed by atoms with Crippen LogP contribution in [0.25, 0.3) is 0 Å². The lowest BCUT2D eigenvalue weighted by molar-refractivity contribution is -0.0350. The van der Waals surface area contributed by atoms with Gasteiger partial charge in [-0.2, -0.15) is 0 Å². The van der Waals surface area contributed by atoms with Gasteiger partial charge in [-0.05, 0) is 33.6 Å². The molecule has 0 saturated carbocycles. The Kier molecular flexibility index (Phi) is 4.45. The predicted molar refractivity (Wildman–Crippen MR) is 82.3 cm³/mol. The third-order valence-electron chi connectivity index (χ3n) is 3.48. The number of rotatable bonds is 3. The van der Waals surface area contributed by atoms with E-state index in [1.165, 1.54) is 5.56 Å². The summed E-state index contributed by atoms with van der Waals surface area (Å²) in [6, 6.07) is 14.6. The number of nitrogens with zero attached hydrogens (tertiary/aromatic N) is 2. The van der Waals surface area contributed by atoms with Gasteiger partial charge < -0.3 is 4.74 Å². The SMILES string of the molecule is Brc1ccc(C2CN(Cc3ccccc3)CCO2)nc1. The van der Waals surface area contributed by atoms with E-state index in [9.17, 15) is 0 Å². The second kappa shape index (κ2) is 6.48. The zero-order chi connectivity index (χ0) is 13.8. The highest BCUT2D eigenvalue weighted by Crippen LogP contribution is 2.22. The molecule has 0 aliphatic carbocycles. The van der Waals surface area contributed by atoms with Crippen molar-refractivity contribution in [3.63, 3.8) is 0 Å². The van der Waals surface area contributed by atoms with Gasteiger partial charge >= 0.3 is 0 Å². The second-order valence-electron chi connectivity index (χ2n) is 4.98. The summed E-state index contributed by atoms with van der Waals surface area (Å²) in [5, 5.41) is 0. The van der Waals surface area contributed by atoms with Crippen LogP contribution >= 0.6 is 15.9 Å². The van der Waals surface area contributed by atoms with Gasteiger partial charge in [-0.3, -0.25) is 9.88 Å². The molecule has 3 rings (SSSR count). The number of hydrogen-bond acceptors (Lipinski definition) is 3. The van der Waals surface area contributed by atoms with Crippen LogP contribution in [0.4, 0.5) is 0 Å². The maximum Gasteiger partial charge on any atom is 0.112 e. The number of aromatic nitrogens is 1. The smallest absolute Gasteiger partial charge is 0.112 e. The zero-order valence-corrected chi connectivity index (χ0v) is 12.8. The van der Waals surface area contributed by atoms with Gasteiger partial charge in [0.2, 0.25) is 0 Å². The molecule has 0 N–H and O–H groups in total.